The van der Waals surface area contributed by atoms with Crippen LogP contribution in [0.25, 0.3) is 0 Å². The molecule has 3 aliphatic rings. The predicted molar refractivity (Wildman–Crippen MR) is 180 cm³/mol. The monoisotopic (exact) mass is 637 g/mol. The Hall–Kier alpha value is -4.26. The molecule has 0 unspecified atom stereocenters. The van der Waals surface area contributed by atoms with Crippen molar-refractivity contribution < 1.29 is 13.9 Å². The van der Waals surface area contributed by atoms with E-state index in [0.29, 0.717) is 17.2 Å². The molecule has 9 heteroatoms. The van der Waals surface area contributed by atoms with E-state index in [1.54, 1.807) is 12.1 Å². The van der Waals surface area contributed by atoms with Gasteiger partial charge >= 0.3 is 0 Å². The number of para-hydroxylation sites is 2. The summed E-state index contributed by atoms with van der Waals surface area (Å²) in [6.07, 6.45) is 1.78. The molecule has 0 spiro atoms. The average molecular weight is 638 g/mol. The van der Waals surface area contributed by atoms with Crippen LogP contribution in [0.2, 0.25) is 5.02 Å². The van der Waals surface area contributed by atoms with Crippen molar-refractivity contribution >= 4 is 23.1 Å². The van der Waals surface area contributed by atoms with Gasteiger partial charge in [0.05, 0.1) is 23.8 Å². The van der Waals surface area contributed by atoms with E-state index >= 15 is 0 Å². The molecule has 7 nitrogen and oxygen atoms in total. The number of nitrogens with zero attached hydrogens (tertiary/aromatic N) is 4. The molecule has 0 amide bonds. The first-order chi connectivity index (χ1) is 22.4. The summed E-state index contributed by atoms with van der Waals surface area (Å²) < 4.78 is 25.7. The zero-order valence-corrected chi connectivity index (χ0v) is 26.9. The molecular weight excluding hydrogens is 601 g/mol. The minimum absolute atomic E-state index is 0.250. The number of amidine groups is 1. The highest BCUT2D eigenvalue weighted by molar-refractivity contribution is 6.31. The Morgan fingerprint density at radius 2 is 1.78 bits per heavy atom. The van der Waals surface area contributed by atoms with Crippen molar-refractivity contribution in [3.05, 3.63) is 124 Å². The summed E-state index contributed by atoms with van der Waals surface area (Å²) in [4.78, 5) is 9.31. The van der Waals surface area contributed by atoms with Crippen LogP contribution in [0.3, 0.4) is 0 Å². The van der Waals surface area contributed by atoms with Crippen LogP contribution in [-0.2, 0) is 16.9 Å². The number of hydrogen-bond donors (Lipinski definition) is 1. The van der Waals surface area contributed by atoms with Crippen molar-refractivity contribution in [1.82, 2.24) is 15.1 Å². The molecule has 1 atom stereocenters. The molecule has 1 N–H and O–H groups in total. The lowest BCUT2D eigenvalue weighted by Crippen LogP contribution is -2.46. The van der Waals surface area contributed by atoms with Crippen LogP contribution in [0.4, 0.5) is 10.1 Å². The molecule has 0 bridgehead atoms. The summed E-state index contributed by atoms with van der Waals surface area (Å²) in [7, 11) is 4.10. The van der Waals surface area contributed by atoms with Crippen LogP contribution in [0.15, 0.2) is 89.9 Å². The molecular formula is C37H37ClFN5O2. The summed E-state index contributed by atoms with van der Waals surface area (Å²) in [5, 5.41) is 13.2. The Bertz CT molecular complexity index is 1760. The largest absolute Gasteiger partial charge is 0.454 e. The minimum atomic E-state index is -0.562. The molecule has 4 aromatic carbocycles. The Kier molecular flexibility index (Phi) is 9.67. The van der Waals surface area contributed by atoms with Crippen molar-refractivity contribution in [3.8, 4) is 17.6 Å². The number of nitrogens with one attached hydrogen (secondary N) is 1. The van der Waals surface area contributed by atoms with Gasteiger partial charge in [-0.1, -0.05) is 41.9 Å². The molecule has 1 fully saturated rings. The maximum Gasteiger partial charge on any atom is 0.153 e. The highest BCUT2D eigenvalue weighted by atomic mass is 35.5. The van der Waals surface area contributed by atoms with Crippen molar-refractivity contribution in [2.24, 2.45) is 4.99 Å². The van der Waals surface area contributed by atoms with Crippen molar-refractivity contribution in [3.63, 3.8) is 0 Å². The molecule has 0 aromatic heterocycles. The highest BCUT2D eigenvalue weighted by Crippen LogP contribution is 2.45. The summed E-state index contributed by atoms with van der Waals surface area (Å²) >= 11 is 6.20. The fourth-order valence-electron chi connectivity index (χ4n) is 6.22. The smallest absolute Gasteiger partial charge is 0.153 e. The number of ether oxygens (including phenoxy) is 2. The fraction of sp³-hybridized carbons (Fsp3) is 0.297. The SMILES string of the molecule is CN(C)CCC[C@@]1(c2ccc(F)cc2)OCc2cc(C#N)ccc21.Clc1ccc2c(c1)C(N1CCNCC1)=Nc1ccccc1O2. The van der Waals surface area contributed by atoms with Crippen LogP contribution < -0.4 is 10.1 Å². The fourth-order valence-corrected chi connectivity index (χ4v) is 6.39. The van der Waals surface area contributed by atoms with Gasteiger partial charge in [0.25, 0.3) is 0 Å². The Morgan fingerprint density at radius 1 is 1.00 bits per heavy atom. The predicted octanol–water partition coefficient (Wildman–Crippen LogP) is 7.24. The van der Waals surface area contributed by atoms with Crippen LogP contribution in [0, 0.1) is 17.1 Å². The van der Waals surface area contributed by atoms with E-state index in [-0.39, 0.29) is 5.82 Å². The van der Waals surface area contributed by atoms with Crippen LogP contribution in [0.1, 0.15) is 40.7 Å². The number of hydrogen-bond acceptors (Lipinski definition) is 7. The minimum Gasteiger partial charge on any atom is -0.454 e. The summed E-state index contributed by atoms with van der Waals surface area (Å²) in [5.41, 5.74) is 4.98. The van der Waals surface area contributed by atoms with Gasteiger partial charge in [-0.2, -0.15) is 5.26 Å². The number of fused-ring (bicyclic) bond motifs is 3. The summed E-state index contributed by atoms with van der Waals surface area (Å²) in [5.74, 6) is 2.26. The third-order valence-corrected chi connectivity index (χ3v) is 8.73. The van der Waals surface area contributed by atoms with Crippen LogP contribution >= 0.6 is 11.6 Å². The third kappa shape index (κ3) is 6.79. The molecule has 3 aliphatic heterocycles. The number of rotatable bonds is 5. The highest BCUT2D eigenvalue weighted by Gasteiger charge is 2.41. The summed E-state index contributed by atoms with van der Waals surface area (Å²) in [6, 6.07) is 28.0. The van der Waals surface area contributed by atoms with Gasteiger partial charge in [0.1, 0.15) is 28.7 Å². The molecule has 7 rings (SSSR count). The van der Waals surface area contributed by atoms with E-state index in [1.807, 2.05) is 74.8 Å². The van der Waals surface area contributed by atoms with Crippen LogP contribution in [-0.4, -0.2) is 62.5 Å². The number of aliphatic imine (C=N–C) groups is 1. The van der Waals surface area contributed by atoms with Crippen LogP contribution in [0.5, 0.6) is 11.5 Å². The van der Waals surface area contributed by atoms with Gasteiger partial charge in [-0.3, -0.25) is 0 Å². The maximum atomic E-state index is 13.4. The number of nitriles is 1. The number of benzene rings is 4. The first-order valence-electron chi connectivity index (χ1n) is 15.6. The van der Waals surface area contributed by atoms with E-state index in [1.165, 1.54) is 12.1 Å². The second-order valence-electron chi connectivity index (χ2n) is 11.9. The maximum absolute atomic E-state index is 13.4. The van der Waals surface area contributed by atoms with E-state index in [2.05, 4.69) is 21.2 Å². The molecule has 236 valence electrons. The number of piperazine rings is 1. The Labute approximate surface area is 274 Å². The van der Waals surface area contributed by atoms with Gasteiger partial charge in [0, 0.05) is 31.2 Å². The normalized spacial score (nSPS) is 18.2. The van der Waals surface area contributed by atoms with Gasteiger partial charge in [-0.15, -0.1) is 0 Å². The standard InChI is InChI=1S/C20H21FN2O.C17H16ClN3O/c1-23(2)11-3-10-20(17-5-7-18(21)8-6-17)19-9-4-15(13-22)12-16(19)14-24-20;18-12-5-6-15-13(11-12)17(21-9-7-19-8-10-21)20-14-3-1-2-4-16(14)22-15/h4-9,12H,3,10-11,14H2,1-2H3;1-6,11,19H,7-10H2/t20-;/m0./s1. The molecule has 1 saturated heterocycles. The quantitative estimate of drug-likeness (QED) is 0.249. The lowest BCUT2D eigenvalue weighted by molar-refractivity contribution is -0.0140. The lowest BCUT2D eigenvalue weighted by Gasteiger charge is -2.31. The molecule has 46 heavy (non-hydrogen) atoms. The zero-order chi connectivity index (χ0) is 32.1. The van der Waals surface area contributed by atoms with E-state index in [0.717, 1.165) is 90.8 Å². The van der Waals surface area contributed by atoms with Crippen molar-refractivity contribution in [2.45, 2.75) is 25.0 Å². The van der Waals surface area contributed by atoms with Gasteiger partial charge in [0.2, 0.25) is 0 Å². The second-order valence-corrected chi connectivity index (χ2v) is 12.3. The molecule has 0 saturated carbocycles. The van der Waals surface area contributed by atoms with Crippen molar-refractivity contribution in [1.29, 1.82) is 5.26 Å². The summed E-state index contributed by atoms with van der Waals surface area (Å²) in [6.45, 7) is 5.19. The zero-order valence-electron chi connectivity index (χ0n) is 26.1. The van der Waals surface area contributed by atoms with Gasteiger partial charge in [-0.25, -0.2) is 9.38 Å². The van der Waals surface area contributed by atoms with E-state index < -0.39 is 5.60 Å². The Balaban J connectivity index is 0.000000162. The second kappa shape index (κ2) is 14.0. The first kappa shape index (κ1) is 31.7. The first-order valence-corrected chi connectivity index (χ1v) is 15.9. The topological polar surface area (TPSA) is 73.1 Å². The van der Waals surface area contributed by atoms with Gasteiger partial charge < -0.3 is 24.6 Å². The molecule has 3 heterocycles. The molecule has 0 aliphatic carbocycles. The molecule has 0 radical (unpaired) electrons. The average Bonchev–Trinajstić information content (AvgIpc) is 3.35. The van der Waals surface area contributed by atoms with Gasteiger partial charge in [0.15, 0.2) is 5.75 Å². The number of halogens is 2. The molecule has 4 aromatic rings. The Morgan fingerprint density at radius 3 is 2.54 bits per heavy atom. The van der Waals surface area contributed by atoms with Gasteiger partial charge in [-0.05, 0) is 105 Å². The van der Waals surface area contributed by atoms with Crippen molar-refractivity contribution in [2.75, 3.05) is 46.8 Å². The van der Waals surface area contributed by atoms with E-state index in [4.69, 9.17) is 31.3 Å². The lowest BCUT2D eigenvalue weighted by atomic mass is 9.81. The third-order valence-electron chi connectivity index (χ3n) is 8.50. The van der Waals surface area contributed by atoms with E-state index in [9.17, 15) is 4.39 Å².